The smallest absolute Gasteiger partial charge is 0.230 e. The van der Waals surface area contributed by atoms with Gasteiger partial charge in [-0.25, -0.2) is 0 Å². The summed E-state index contributed by atoms with van der Waals surface area (Å²) in [6.07, 6.45) is 2.16. The van der Waals surface area contributed by atoms with Gasteiger partial charge in [0.25, 0.3) is 0 Å². The summed E-state index contributed by atoms with van der Waals surface area (Å²) < 4.78 is 7.46. The zero-order valence-corrected chi connectivity index (χ0v) is 18.4. The zero-order valence-electron chi connectivity index (χ0n) is 16.1. The van der Waals surface area contributed by atoms with Gasteiger partial charge in [-0.1, -0.05) is 35.0 Å². The summed E-state index contributed by atoms with van der Waals surface area (Å²) in [6.45, 7) is 1.31. The highest BCUT2D eigenvalue weighted by Crippen LogP contribution is 2.29. The Morgan fingerprint density at radius 2 is 1.80 bits per heavy atom. The summed E-state index contributed by atoms with van der Waals surface area (Å²) in [4.78, 5) is 12.3. The molecule has 2 aromatic carbocycles. The van der Waals surface area contributed by atoms with Crippen molar-refractivity contribution >= 4 is 40.9 Å². The highest BCUT2D eigenvalue weighted by molar-refractivity contribution is 7.99. The first-order valence-corrected chi connectivity index (χ1v) is 11.3. The predicted octanol–water partition coefficient (Wildman–Crippen LogP) is 4.63. The quantitative estimate of drug-likeness (QED) is 0.518. The number of aromatic nitrogens is 3. The van der Waals surface area contributed by atoms with Crippen LogP contribution in [-0.4, -0.2) is 45.7 Å². The Bertz CT molecular complexity index is 1000. The molecule has 1 fully saturated rings. The summed E-state index contributed by atoms with van der Waals surface area (Å²) in [5, 5.41) is 13.5. The minimum atomic E-state index is -0.0609. The third-order valence-electron chi connectivity index (χ3n) is 4.70. The first-order valence-electron chi connectivity index (χ1n) is 9.58. The maximum absolute atomic E-state index is 12.3. The van der Waals surface area contributed by atoms with Crippen LogP contribution in [0.15, 0.2) is 53.7 Å². The maximum Gasteiger partial charge on any atom is 0.230 e. The number of hydrogen-bond acceptors (Lipinski definition) is 5. The van der Waals surface area contributed by atoms with E-state index in [0.717, 1.165) is 30.7 Å². The van der Waals surface area contributed by atoms with Gasteiger partial charge < -0.3 is 10.1 Å². The molecular formula is C21H20Cl2N4O2S. The van der Waals surface area contributed by atoms with Gasteiger partial charge >= 0.3 is 0 Å². The largest absolute Gasteiger partial charge is 0.376 e. The average molecular weight is 463 g/mol. The fourth-order valence-corrected chi connectivity index (χ4v) is 4.22. The SMILES string of the molecule is O=C(CSc1nnc(-c2ccc(Cl)cc2)n1-c1ccc(Cl)cc1)NCC1CCCO1. The lowest BCUT2D eigenvalue weighted by Crippen LogP contribution is -2.32. The molecule has 1 amide bonds. The summed E-state index contributed by atoms with van der Waals surface area (Å²) in [7, 11) is 0. The van der Waals surface area contributed by atoms with E-state index in [1.54, 1.807) is 0 Å². The third-order valence-corrected chi connectivity index (χ3v) is 6.14. The molecule has 6 nitrogen and oxygen atoms in total. The van der Waals surface area contributed by atoms with E-state index in [4.69, 9.17) is 27.9 Å². The molecule has 9 heteroatoms. The van der Waals surface area contributed by atoms with Crippen molar-refractivity contribution in [2.24, 2.45) is 0 Å². The van der Waals surface area contributed by atoms with Crippen LogP contribution in [0.3, 0.4) is 0 Å². The Kier molecular flexibility index (Phi) is 6.94. The van der Waals surface area contributed by atoms with Crippen molar-refractivity contribution in [3.8, 4) is 17.1 Å². The second kappa shape index (κ2) is 9.83. The van der Waals surface area contributed by atoms with Gasteiger partial charge in [0.05, 0.1) is 11.9 Å². The van der Waals surface area contributed by atoms with E-state index in [2.05, 4.69) is 15.5 Å². The van der Waals surface area contributed by atoms with Crippen LogP contribution in [0, 0.1) is 0 Å². The van der Waals surface area contributed by atoms with Crippen molar-refractivity contribution in [3.05, 3.63) is 58.6 Å². The number of carbonyl (C=O) groups is 1. The molecule has 1 aromatic heterocycles. The molecule has 1 N–H and O–H groups in total. The minimum absolute atomic E-state index is 0.0609. The van der Waals surface area contributed by atoms with Crippen LogP contribution in [0.1, 0.15) is 12.8 Å². The average Bonchev–Trinajstić information content (AvgIpc) is 3.42. The molecule has 1 atom stereocenters. The van der Waals surface area contributed by atoms with E-state index < -0.39 is 0 Å². The number of rotatable bonds is 7. The van der Waals surface area contributed by atoms with E-state index in [0.29, 0.717) is 27.6 Å². The number of nitrogens with one attached hydrogen (secondary N) is 1. The Hall–Kier alpha value is -2.06. The first kappa shape index (κ1) is 21.2. The number of thioether (sulfide) groups is 1. The standard InChI is InChI=1S/C21H20Cl2N4O2S/c22-15-5-3-14(4-6-15)20-25-26-21(27(20)17-9-7-16(23)8-10-17)30-13-19(28)24-12-18-2-1-11-29-18/h3-10,18H,1-2,11-13H2,(H,24,28). The van der Waals surface area contributed by atoms with Crippen molar-refractivity contribution in [3.63, 3.8) is 0 Å². The van der Waals surface area contributed by atoms with Crippen molar-refractivity contribution < 1.29 is 9.53 Å². The van der Waals surface area contributed by atoms with Crippen LogP contribution in [0.5, 0.6) is 0 Å². The van der Waals surface area contributed by atoms with Gasteiger partial charge in [-0.15, -0.1) is 10.2 Å². The summed E-state index contributed by atoms with van der Waals surface area (Å²) in [5.74, 6) is 0.837. The molecule has 0 bridgehead atoms. The molecule has 1 unspecified atom stereocenters. The van der Waals surface area contributed by atoms with E-state index >= 15 is 0 Å². The van der Waals surface area contributed by atoms with E-state index in [1.165, 1.54) is 11.8 Å². The number of amides is 1. The number of ether oxygens (including phenoxy) is 1. The predicted molar refractivity (Wildman–Crippen MR) is 120 cm³/mol. The first-order chi connectivity index (χ1) is 14.6. The molecule has 0 spiro atoms. The molecule has 0 saturated carbocycles. The second-order valence-corrected chi connectivity index (χ2v) is 8.67. The number of nitrogens with zero attached hydrogens (tertiary/aromatic N) is 3. The van der Waals surface area contributed by atoms with Crippen molar-refractivity contribution in [1.29, 1.82) is 0 Å². The fraction of sp³-hybridized carbons (Fsp3) is 0.286. The molecule has 30 heavy (non-hydrogen) atoms. The maximum atomic E-state index is 12.3. The molecule has 2 heterocycles. The highest BCUT2D eigenvalue weighted by Gasteiger charge is 2.19. The summed E-state index contributed by atoms with van der Waals surface area (Å²) in [5.41, 5.74) is 1.73. The number of carbonyl (C=O) groups excluding carboxylic acids is 1. The van der Waals surface area contributed by atoms with Crippen LogP contribution < -0.4 is 5.32 Å². The van der Waals surface area contributed by atoms with Gasteiger partial charge in [0.2, 0.25) is 5.91 Å². The van der Waals surface area contributed by atoms with Gasteiger partial charge in [-0.2, -0.15) is 0 Å². The topological polar surface area (TPSA) is 69.0 Å². The molecule has 1 aliphatic heterocycles. The lowest BCUT2D eigenvalue weighted by molar-refractivity contribution is -0.119. The second-order valence-electron chi connectivity index (χ2n) is 6.85. The zero-order chi connectivity index (χ0) is 20.9. The molecule has 3 aromatic rings. The Labute approximate surface area is 188 Å². The highest BCUT2D eigenvalue weighted by atomic mass is 35.5. The third kappa shape index (κ3) is 5.16. The summed E-state index contributed by atoms with van der Waals surface area (Å²) in [6, 6.07) is 14.8. The minimum Gasteiger partial charge on any atom is -0.376 e. The monoisotopic (exact) mass is 462 g/mol. The van der Waals surface area contributed by atoms with Crippen LogP contribution in [0.25, 0.3) is 17.1 Å². The number of hydrogen-bond donors (Lipinski definition) is 1. The van der Waals surface area contributed by atoms with Gasteiger partial charge in [-0.3, -0.25) is 9.36 Å². The molecule has 156 valence electrons. The van der Waals surface area contributed by atoms with E-state index in [9.17, 15) is 4.79 Å². The van der Waals surface area contributed by atoms with Gasteiger partial charge in [-0.05, 0) is 61.4 Å². The van der Waals surface area contributed by atoms with Gasteiger partial charge in [0.15, 0.2) is 11.0 Å². The van der Waals surface area contributed by atoms with Crippen molar-refractivity contribution in [1.82, 2.24) is 20.1 Å². The van der Waals surface area contributed by atoms with E-state index in [-0.39, 0.29) is 17.8 Å². The van der Waals surface area contributed by atoms with Crippen LogP contribution in [0.2, 0.25) is 10.0 Å². The number of benzene rings is 2. The normalized spacial score (nSPS) is 16.0. The number of halogens is 2. The Morgan fingerprint density at radius 1 is 1.10 bits per heavy atom. The Balaban J connectivity index is 1.54. The molecule has 0 radical (unpaired) electrons. The Morgan fingerprint density at radius 3 is 2.47 bits per heavy atom. The van der Waals surface area contributed by atoms with Crippen molar-refractivity contribution in [2.75, 3.05) is 18.9 Å². The molecular weight excluding hydrogens is 443 g/mol. The lowest BCUT2D eigenvalue weighted by atomic mass is 10.2. The molecule has 4 rings (SSSR count). The van der Waals surface area contributed by atoms with Crippen LogP contribution in [-0.2, 0) is 9.53 Å². The lowest BCUT2D eigenvalue weighted by Gasteiger charge is -2.12. The van der Waals surface area contributed by atoms with Crippen molar-refractivity contribution in [2.45, 2.75) is 24.1 Å². The molecule has 1 saturated heterocycles. The fourth-order valence-electron chi connectivity index (χ4n) is 3.19. The van der Waals surface area contributed by atoms with Crippen LogP contribution in [0.4, 0.5) is 0 Å². The van der Waals surface area contributed by atoms with Gasteiger partial charge in [0.1, 0.15) is 0 Å². The van der Waals surface area contributed by atoms with E-state index in [1.807, 2.05) is 53.1 Å². The molecule has 0 aliphatic carbocycles. The van der Waals surface area contributed by atoms with Gasteiger partial charge in [0, 0.05) is 34.4 Å². The molecule has 1 aliphatic rings. The van der Waals surface area contributed by atoms with Crippen LogP contribution >= 0.6 is 35.0 Å². The summed E-state index contributed by atoms with van der Waals surface area (Å²) >= 11 is 13.4.